The summed E-state index contributed by atoms with van der Waals surface area (Å²) in [7, 11) is 0. The minimum Gasteiger partial charge on any atom is -0.277 e. The predicted octanol–water partition coefficient (Wildman–Crippen LogP) is 3.31. The lowest BCUT2D eigenvalue weighted by Crippen LogP contribution is -2.00. The number of hydrogen-bond acceptors (Lipinski definition) is 4. The molecule has 8 heteroatoms. The SMILES string of the molecule is Cc1ccc(-n2nnnc2-c2cn[nH]c2-c2ccc(F)cc2F)cc1. The van der Waals surface area contributed by atoms with Gasteiger partial charge in [0.2, 0.25) is 0 Å². The number of aryl methyl sites for hydroxylation is 1. The summed E-state index contributed by atoms with van der Waals surface area (Å²) in [6, 6.07) is 11.0. The highest BCUT2D eigenvalue weighted by molar-refractivity contribution is 5.77. The van der Waals surface area contributed by atoms with Crippen LogP contribution in [0.25, 0.3) is 28.3 Å². The summed E-state index contributed by atoms with van der Waals surface area (Å²) in [6.07, 6.45) is 1.51. The van der Waals surface area contributed by atoms with Gasteiger partial charge in [-0.05, 0) is 41.6 Å². The topological polar surface area (TPSA) is 72.3 Å². The zero-order valence-electron chi connectivity index (χ0n) is 13.1. The van der Waals surface area contributed by atoms with E-state index in [1.54, 1.807) is 0 Å². The Morgan fingerprint density at radius 2 is 1.80 bits per heavy atom. The number of benzene rings is 2. The van der Waals surface area contributed by atoms with Crippen molar-refractivity contribution in [3.05, 3.63) is 65.9 Å². The zero-order valence-corrected chi connectivity index (χ0v) is 13.1. The summed E-state index contributed by atoms with van der Waals surface area (Å²) in [6.45, 7) is 1.98. The first-order chi connectivity index (χ1) is 12.1. The van der Waals surface area contributed by atoms with Crippen molar-refractivity contribution in [3.63, 3.8) is 0 Å². The standard InChI is InChI=1S/C17H12F2N6/c1-10-2-5-12(6-3-10)25-17(22-23-24-25)14-9-20-21-16(14)13-7-4-11(18)8-15(13)19/h2-9H,1H3,(H,20,21). The Hall–Kier alpha value is -3.42. The molecule has 124 valence electrons. The molecule has 4 aromatic rings. The highest BCUT2D eigenvalue weighted by Crippen LogP contribution is 2.31. The summed E-state index contributed by atoms with van der Waals surface area (Å²) in [5.74, 6) is -0.942. The molecule has 6 nitrogen and oxygen atoms in total. The highest BCUT2D eigenvalue weighted by atomic mass is 19.1. The molecule has 0 aliphatic rings. The van der Waals surface area contributed by atoms with Gasteiger partial charge in [-0.1, -0.05) is 17.7 Å². The van der Waals surface area contributed by atoms with Crippen molar-refractivity contribution in [2.75, 3.05) is 0 Å². The molecular weight excluding hydrogens is 326 g/mol. The van der Waals surface area contributed by atoms with Crippen molar-refractivity contribution in [2.45, 2.75) is 6.92 Å². The fraction of sp³-hybridized carbons (Fsp3) is 0.0588. The van der Waals surface area contributed by atoms with Crippen LogP contribution < -0.4 is 0 Å². The lowest BCUT2D eigenvalue weighted by Gasteiger charge is -2.06. The molecule has 0 radical (unpaired) electrons. The van der Waals surface area contributed by atoms with Crippen LogP contribution in [-0.2, 0) is 0 Å². The summed E-state index contributed by atoms with van der Waals surface area (Å²) < 4.78 is 28.9. The molecule has 0 aliphatic carbocycles. The van der Waals surface area contributed by atoms with E-state index in [0.717, 1.165) is 17.3 Å². The van der Waals surface area contributed by atoms with E-state index in [4.69, 9.17) is 0 Å². The van der Waals surface area contributed by atoms with E-state index in [-0.39, 0.29) is 5.56 Å². The van der Waals surface area contributed by atoms with Gasteiger partial charge < -0.3 is 0 Å². The second-order valence-corrected chi connectivity index (χ2v) is 5.53. The van der Waals surface area contributed by atoms with Crippen LogP contribution in [0.1, 0.15) is 5.56 Å². The molecule has 0 amide bonds. The van der Waals surface area contributed by atoms with E-state index in [0.29, 0.717) is 17.1 Å². The molecule has 0 atom stereocenters. The molecule has 2 heterocycles. The van der Waals surface area contributed by atoms with Crippen molar-refractivity contribution >= 4 is 0 Å². The Bertz CT molecular complexity index is 1040. The van der Waals surface area contributed by atoms with Crippen LogP contribution in [0.15, 0.2) is 48.7 Å². The molecule has 2 aromatic heterocycles. The fourth-order valence-corrected chi connectivity index (χ4v) is 2.57. The van der Waals surface area contributed by atoms with Crippen LogP contribution in [-0.4, -0.2) is 30.4 Å². The van der Waals surface area contributed by atoms with Crippen LogP contribution >= 0.6 is 0 Å². The molecule has 0 saturated heterocycles. The molecule has 0 fully saturated rings. The van der Waals surface area contributed by atoms with Gasteiger partial charge in [0.1, 0.15) is 11.6 Å². The molecule has 0 spiro atoms. The van der Waals surface area contributed by atoms with Gasteiger partial charge in [0.15, 0.2) is 5.82 Å². The van der Waals surface area contributed by atoms with Gasteiger partial charge in [-0.3, -0.25) is 5.10 Å². The van der Waals surface area contributed by atoms with Crippen molar-refractivity contribution < 1.29 is 8.78 Å². The number of nitrogens with zero attached hydrogens (tertiary/aromatic N) is 5. The first kappa shape index (κ1) is 15.1. The Labute approximate surface area is 141 Å². The van der Waals surface area contributed by atoms with Crippen molar-refractivity contribution in [1.29, 1.82) is 0 Å². The molecule has 0 bridgehead atoms. The lowest BCUT2D eigenvalue weighted by atomic mass is 10.1. The lowest BCUT2D eigenvalue weighted by molar-refractivity contribution is 0.585. The maximum atomic E-state index is 14.2. The molecule has 25 heavy (non-hydrogen) atoms. The second-order valence-electron chi connectivity index (χ2n) is 5.53. The van der Waals surface area contributed by atoms with E-state index < -0.39 is 11.6 Å². The Morgan fingerprint density at radius 3 is 2.56 bits per heavy atom. The number of tetrazole rings is 1. The molecule has 2 aromatic carbocycles. The number of aromatic amines is 1. The quantitative estimate of drug-likeness (QED) is 0.622. The number of H-pyrrole nitrogens is 1. The van der Waals surface area contributed by atoms with Crippen LogP contribution in [0.5, 0.6) is 0 Å². The van der Waals surface area contributed by atoms with Gasteiger partial charge in [-0.25, -0.2) is 8.78 Å². The Morgan fingerprint density at radius 1 is 1.00 bits per heavy atom. The largest absolute Gasteiger partial charge is 0.277 e. The predicted molar refractivity (Wildman–Crippen MR) is 86.8 cm³/mol. The van der Waals surface area contributed by atoms with Gasteiger partial charge in [0.05, 0.1) is 23.1 Å². The molecule has 4 rings (SSSR count). The highest BCUT2D eigenvalue weighted by Gasteiger charge is 2.19. The van der Waals surface area contributed by atoms with Gasteiger partial charge in [-0.2, -0.15) is 9.78 Å². The summed E-state index contributed by atoms with van der Waals surface area (Å²) in [5, 5.41) is 18.5. The fourth-order valence-electron chi connectivity index (χ4n) is 2.57. The number of rotatable bonds is 3. The van der Waals surface area contributed by atoms with Crippen LogP contribution in [0, 0.1) is 18.6 Å². The van der Waals surface area contributed by atoms with Crippen LogP contribution in [0.3, 0.4) is 0 Å². The number of hydrogen-bond donors (Lipinski definition) is 1. The zero-order chi connectivity index (χ0) is 17.4. The summed E-state index contributed by atoms with van der Waals surface area (Å²) in [4.78, 5) is 0. The maximum absolute atomic E-state index is 14.2. The van der Waals surface area contributed by atoms with E-state index in [1.807, 2.05) is 31.2 Å². The van der Waals surface area contributed by atoms with E-state index in [1.165, 1.54) is 23.0 Å². The van der Waals surface area contributed by atoms with Gasteiger partial charge >= 0.3 is 0 Å². The monoisotopic (exact) mass is 338 g/mol. The maximum Gasteiger partial charge on any atom is 0.190 e. The van der Waals surface area contributed by atoms with Crippen LogP contribution in [0.4, 0.5) is 8.78 Å². The minimum atomic E-state index is -0.695. The molecule has 0 aliphatic heterocycles. The van der Waals surface area contributed by atoms with Gasteiger partial charge in [-0.15, -0.1) is 5.10 Å². The Kier molecular flexibility index (Phi) is 3.57. The molecule has 0 saturated carbocycles. The average molecular weight is 338 g/mol. The van der Waals surface area contributed by atoms with Gasteiger partial charge in [0.25, 0.3) is 0 Å². The normalized spacial score (nSPS) is 11.0. The van der Waals surface area contributed by atoms with Crippen molar-refractivity contribution in [3.8, 4) is 28.3 Å². The Balaban J connectivity index is 1.84. The summed E-state index contributed by atoms with van der Waals surface area (Å²) in [5.41, 5.74) is 2.94. The summed E-state index contributed by atoms with van der Waals surface area (Å²) >= 11 is 0. The third kappa shape index (κ3) is 2.67. The molecule has 0 unspecified atom stereocenters. The first-order valence-electron chi connectivity index (χ1n) is 7.48. The number of halogens is 2. The average Bonchev–Trinajstić information content (AvgIpc) is 3.24. The van der Waals surface area contributed by atoms with E-state index >= 15 is 0 Å². The second kappa shape index (κ2) is 5.90. The third-order valence-corrected chi connectivity index (χ3v) is 3.83. The molecular formula is C17H12F2N6. The number of nitrogens with one attached hydrogen (secondary N) is 1. The number of aromatic nitrogens is 6. The van der Waals surface area contributed by atoms with Crippen LogP contribution in [0.2, 0.25) is 0 Å². The third-order valence-electron chi connectivity index (χ3n) is 3.83. The van der Waals surface area contributed by atoms with Crippen molar-refractivity contribution in [2.24, 2.45) is 0 Å². The molecule has 1 N–H and O–H groups in total. The van der Waals surface area contributed by atoms with Gasteiger partial charge in [0, 0.05) is 11.6 Å². The smallest absolute Gasteiger partial charge is 0.190 e. The van der Waals surface area contributed by atoms with E-state index in [2.05, 4.69) is 25.7 Å². The minimum absolute atomic E-state index is 0.187. The first-order valence-corrected chi connectivity index (χ1v) is 7.48. The van der Waals surface area contributed by atoms with E-state index in [9.17, 15) is 8.78 Å². The van der Waals surface area contributed by atoms with Crippen molar-refractivity contribution in [1.82, 2.24) is 30.4 Å².